The molecule has 2 heterocycles. The van der Waals surface area contributed by atoms with E-state index in [2.05, 4.69) is 48.9 Å². The summed E-state index contributed by atoms with van der Waals surface area (Å²) in [5.74, 6) is 0.908. The lowest BCUT2D eigenvalue weighted by atomic mass is 10.1. The standard InChI is InChI=1S/C11H12BrN3S/c1-3-7-10(8-4-16-5-9(8)12)14-6-15-11(7)13-2/h4-6H,3H2,1-2H3,(H,13,14,15). The Labute approximate surface area is 107 Å². The summed E-state index contributed by atoms with van der Waals surface area (Å²) in [6.07, 6.45) is 2.51. The minimum absolute atomic E-state index is 0.908. The van der Waals surface area contributed by atoms with Gasteiger partial charge in [0.1, 0.15) is 12.1 Å². The maximum absolute atomic E-state index is 4.39. The number of hydrogen-bond acceptors (Lipinski definition) is 4. The van der Waals surface area contributed by atoms with Crippen molar-refractivity contribution in [2.24, 2.45) is 0 Å². The summed E-state index contributed by atoms with van der Waals surface area (Å²) >= 11 is 5.21. The van der Waals surface area contributed by atoms with Crippen molar-refractivity contribution in [2.75, 3.05) is 12.4 Å². The first-order chi connectivity index (χ1) is 7.77. The number of thiophene rings is 1. The molecule has 0 aromatic carbocycles. The fourth-order valence-electron chi connectivity index (χ4n) is 1.65. The lowest BCUT2D eigenvalue weighted by Crippen LogP contribution is -2.01. The van der Waals surface area contributed by atoms with Crippen molar-refractivity contribution >= 4 is 33.1 Å². The number of nitrogens with zero attached hydrogens (tertiary/aromatic N) is 2. The van der Waals surface area contributed by atoms with E-state index in [1.54, 1.807) is 17.7 Å². The average molecular weight is 298 g/mol. The van der Waals surface area contributed by atoms with Crippen LogP contribution in [0.5, 0.6) is 0 Å². The van der Waals surface area contributed by atoms with E-state index in [0.29, 0.717) is 0 Å². The Morgan fingerprint density at radius 3 is 2.75 bits per heavy atom. The van der Waals surface area contributed by atoms with Crippen LogP contribution in [-0.2, 0) is 6.42 Å². The predicted octanol–water partition coefficient (Wildman–Crippen LogP) is 3.57. The molecule has 16 heavy (non-hydrogen) atoms. The van der Waals surface area contributed by atoms with Gasteiger partial charge in [-0.1, -0.05) is 6.92 Å². The highest BCUT2D eigenvalue weighted by Gasteiger charge is 2.13. The Kier molecular flexibility index (Phi) is 3.56. The van der Waals surface area contributed by atoms with Gasteiger partial charge >= 0.3 is 0 Å². The van der Waals surface area contributed by atoms with Crippen molar-refractivity contribution in [1.82, 2.24) is 9.97 Å². The van der Waals surface area contributed by atoms with Gasteiger partial charge in [-0.25, -0.2) is 9.97 Å². The lowest BCUT2D eigenvalue weighted by molar-refractivity contribution is 1.05. The molecule has 3 nitrogen and oxygen atoms in total. The first-order valence-corrected chi connectivity index (χ1v) is 6.75. The van der Waals surface area contributed by atoms with Crippen molar-refractivity contribution < 1.29 is 0 Å². The van der Waals surface area contributed by atoms with Gasteiger partial charge in [0.25, 0.3) is 0 Å². The molecule has 84 valence electrons. The third kappa shape index (κ3) is 1.97. The van der Waals surface area contributed by atoms with E-state index in [1.807, 2.05) is 7.05 Å². The van der Waals surface area contributed by atoms with Crippen LogP contribution < -0.4 is 5.32 Å². The van der Waals surface area contributed by atoms with Crippen LogP contribution in [-0.4, -0.2) is 17.0 Å². The number of anilines is 1. The van der Waals surface area contributed by atoms with Crippen molar-refractivity contribution in [2.45, 2.75) is 13.3 Å². The number of nitrogens with one attached hydrogen (secondary N) is 1. The molecular formula is C11H12BrN3S. The molecule has 5 heteroatoms. The Morgan fingerprint density at radius 1 is 1.38 bits per heavy atom. The molecular weight excluding hydrogens is 286 g/mol. The Balaban J connectivity index is 2.61. The van der Waals surface area contributed by atoms with Gasteiger partial charge < -0.3 is 5.32 Å². The molecule has 0 fully saturated rings. The molecule has 0 spiro atoms. The normalized spacial score (nSPS) is 10.4. The van der Waals surface area contributed by atoms with Gasteiger partial charge in [0.15, 0.2) is 0 Å². The second kappa shape index (κ2) is 4.93. The van der Waals surface area contributed by atoms with Gasteiger partial charge in [-0.15, -0.1) is 0 Å². The van der Waals surface area contributed by atoms with E-state index in [9.17, 15) is 0 Å². The van der Waals surface area contributed by atoms with E-state index in [-0.39, 0.29) is 0 Å². The molecule has 0 aliphatic carbocycles. The van der Waals surface area contributed by atoms with Gasteiger partial charge in [0, 0.05) is 33.4 Å². The average Bonchev–Trinajstić information content (AvgIpc) is 2.74. The quantitative estimate of drug-likeness (QED) is 0.941. The molecule has 0 saturated carbocycles. The Morgan fingerprint density at radius 2 is 2.19 bits per heavy atom. The molecule has 2 rings (SSSR count). The minimum atomic E-state index is 0.908. The summed E-state index contributed by atoms with van der Waals surface area (Å²) in [4.78, 5) is 8.62. The Bertz CT molecular complexity index is 496. The van der Waals surface area contributed by atoms with E-state index in [0.717, 1.165) is 33.5 Å². The molecule has 2 aromatic heterocycles. The molecule has 0 bridgehead atoms. The molecule has 0 atom stereocenters. The third-order valence-electron chi connectivity index (χ3n) is 2.41. The second-order valence-corrected chi connectivity index (χ2v) is 4.88. The lowest BCUT2D eigenvalue weighted by Gasteiger charge is -2.10. The molecule has 0 amide bonds. The fourth-order valence-corrected chi connectivity index (χ4v) is 3.11. The maximum atomic E-state index is 4.39. The molecule has 0 aliphatic rings. The summed E-state index contributed by atoms with van der Waals surface area (Å²) in [5.41, 5.74) is 3.31. The topological polar surface area (TPSA) is 37.8 Å². The number of hydrogen-bond donors (Lipinski definition) is 1. The monoisotopic (exact) mass is 297 g/mol. The van der Waals surface area contributed by atoms with Gasteiger partial charge in [-0.3, -0.25) is 0 Å². The van der Waals surface area contributed by atoms with Crippen molar-refractivity contribution in [1.29, 1.82) is 0 Å². The SMILES string of the molecule is CCc1c(NC)ncnc1-c1cscc1Br. The van der Waals surface area contributed by atoms with E-state index in [1.165, 1.54) is 0 Å². The number of halogens is 1. The Hall–Kier alpha value is -0.940. The van der Waals surface area contributed by atoms with Crippen LogP contribution in [0.25, 0.3) is 11.3 Å². The zero-order valence-electron chi connectivity index (χ0n) is 9.12. The molecule has 0 unspecified atom stereocenters. The smallest absolute Gasteiger partial charge is 0.132 e. The van der Waals surface area contributed by atoms with Gasteiger partial charge in [0.2, 0.25) is 0 Å². The molecule has 0 saturated heterocycles. The predicted molar refractivity (Wildman–Crippen MR) is 72.0 cm³/mol. The number of aromatic nitrogens is 2. The van der Waals surface area contributed by atoms with Gasteiger partial charge in [0.05, 0.1) is 5.69 Å². The van der Waals surface area contributed by atoms with E-state index in [4.69, 9.17) is 0 Å². The largest absolute Gasteiger partial charge is 0.373 e. The van der Waals surface area contributed by atoms with Crippen molar-refractivity contribution in [3.8, 4) is 11.3 Å². The minimum Gasteiger partial charge on any atom is -0.373 e. The zero-order chi connectivity index (χ0) is 11.5. The first kappa shape index (κ1) is 11.5. The van der Waals surface area contributed by atoms with E-state index < -0.39 is 0 Å². The summed E-state index contributed by atoms with van der Waals surface area (Å²) in [6.45, 7) is 2.11. The van der Waals surface area contributed by atoms with Crippen LogP contribution in [0.3, 0.4) is 0 Å². The summed E-state index contributed by atoms with van der Waals surface area (Å²) in [5, 5.41) is 7.27. The van der Waals surface area contributed by atoms with Gasteiger partial charge in [-0.05, 0) is 22.4 Å². The molecule has 0 aliphatic heterocycles. The third-order valence-corrected chi connectivity index (χ3v) is 4.11. The van der Waals surface area contributed by atoms with Gasteiger partial charge in [-0.2, -0.15) is 11.3 Å². The summed E-state index contributed by atoms with van der Waals surface area (Å²) in [6, 6.07) is 0. The summed E-state index contributed by atoms with van der Waals surface area (Å²) in [7, 11) is 1.88. The van der Waals surface area contributed by atoms with Crippen LogP contribution in [0.15, 0.2) is 21.6 Å². The molecule has 0 radical (unpaired) electrons. The number of rotatable bonds is 3. The molecule has 2 aromatic rings. The van der Waals surface area contributed by atoms with Crippen LogP contribution in [0, 0.1) is 0 Å². The summed E-state index contributed by atoms with van der Waals surface area (Å²) < 4.78 is 1.09. The highest BCUT2D eigenvalue weighted by molar-refractivity contribution is 9.10. The molecule has 1 N–H and O–H groups in total. The highest BCUT2D eigenvalue weighted by atomic mass is 79.9. The second-order valence-electron chi connectivity index (χ2n) is 3.29. The first-order valence-electron chi connectivity index (χ1n) is 5.01. The van der Waals surface area contributed by atoms with Crippen molar-refractivity contribution in [3.63, 3.8) is 0 Å². The van der Waals surface area contributed by atoms with Crippen LogP contribution in [0.4, 0.5) is 5.82 Å². The van der Waals surface area contributed by atoms with Crippen molar-refractivity contribution in [3.05, 3.63) is 27.1 Å². The zero-order valence-corrected chi connectivity index (χ0v) is 11.5. The fraction of sp³-hybridized carbons (Fsp3) is 0.273. The van der Waals surface area contributed by atoms with Crippen LogP contribution in [0.1, 0.15) is 12.5 Å². The maximum Gasteiger partial charge on any atom is 0.132 e. The highest BCUT2D eigenvalue weighted by Crippen LogP contribution is 2.34. The van der Waals surface area contributed by atoms with Crippen LogP contribution >= 0.6 is 27.3 Å². The van der Waals surface area contributed by atoms with Crippen LogP contribution in [0.2, 0.25) is 0 Å². The van der Waals surface area contributed by atoms with E-state index >= 15 is 0 Å².